The molecule has 2 aromatic rings. The van der Waals surface area contributed by atoms with Gasteiger partial charge in [-0.2, -0.15) is 0 Å². The summed E-state index contributed by atoms with van der Waals surface area (Å²) in [6.45, 7) is 5.57. The van der Waals surface area contributed by atoms with Gasteiger partial charge in [0.25, 0.3) is 0 Å². The third-order valence-electron chi connectivity index (χ3n) is 2.64. The molecule has 0 spiro atoms. The summed E-state index contributed by atoms with van der Waals surface area (Å²) in [7, 11) is 0. The molecule has 0 aliphatic rings. The number of rotatable bonds is 4. The smallest absolute Gasteiger partial charge is 0.412 e. The zero-order valence-electron chi connectivity index (χ0n) is 13.3. The Balaban J connectivity index is 1.88. The van der Waals surface area contributed by atoms with Crippen LogP contribution in [0.4, 0.5) is 9.80 Å². The summed E-state index contributed by atoms with van der Waals surface area (Å²) >= 11 is 1.14. The number of carbonyl (C=O) groups is 2. The number of hydrogen-bond donors (Lipinski definition) is 1. The number of hydrogen-bond acceptors (Lipinski definition) is 5. The molecular formula is C17H19NO4S. The Morgan fingerprint density at radius 1 is 1.09 bits per heavy atom. The second-order valence-corrected chi connectivity index (χ2v) is 6.94. The summed E-state index contributed by atoms with van der Waals surface area (Å²) < 4.78 is 10.4. The van der Waals surface area contributed by atoms with Gasteiger partial charge >= 0.3 is 12.1 Å². The van der Waals surface area contributed by atoms with Crippen molar-refractivity contribution < 1.29 is 19.1 Å². The predicted molar refractivity (Wildman–Crippen MR) is 89.7 cm³/mol. The Labute approximate surface area is 139 Å². The molecule has 122 valence electrons. The predicted octanol–water partition coefficient (Wildman–Crippen LogP) is 4.45. The van der Waals surface area contributed by atoms with Gasteiger partial charge in [-0.3, -0.25) is 5.32 Å². The molecule has 5 nitrogen and oxygen atoms in total. The van der Waals surface area contributed by atoms with Crippen molar-refractivity contribution in [3.05, 3.63) is 52.9 Å². The van der Waals surface area contributed by atoms with E-state index in [2.05, 4.69) is 5.32 Å². The molecule has 2 rings (SSSR count). The van der Waals surface area contributed by atoms with Crippen LogP contribution in [0.25, 0.3) is 0 Å². The Morgan fingerprint density at radius 2 is 1.78 bits per heavy atom. The molecule has 0 aliphatic carbocycles. The maximum atomic E-state index is 12.0. The zero-order chi connectivity index (χ0) is 16.9. The first-order valence-electron chi connectivity index (χ1n) is 7.14. The Morgan fingerprint density at radius 3 is 2.43 bits per heavy atom. The lowest BCUT2D eigenvalue weighted by atomic mass is 10.2. The summed E-state index contributed by atoms with van der Waals surface area (Å²) in [5, 5.41) is 3.13. The Bertz CT molecular complexity index is 673. The molecule has 0 saturated heterocycles. The van der Waals surface area contributed by atoms with Crippen LogP contribution in [0, 0.1) is 0 Å². The topological polar surface area (TPSA) is 64.6 Å². The van der Waals surface area contributed by atoms with Crippen LogP contribution in [0.3, 0.4) is 0 Å². The van der Waals surface area contributed by atoms with Crippen molar-refractivity contribution in [3.8, 4) is 0 Å². The molecule has 0 aliphatic heterocycles. The van der Waals surface area contributed by atoms with Crippen molar-refractivity contribution in [3.63, 3.8) is 0 Å². The summed E-state index contributed by atoms with van der Waals surface area (Å²) in [5.41, 5.74) is 0.350. The van der Waals surface area contributed by atoms with Gasteiger partial charge in [0.15, 0.2) is 0 Å². The molecule has 1 aromatic heterocycles. The Hall–Kier alpha value is -2.34. The van der Waals surface area contributed by atoms with Crippen molar-refractivity contribution >= 4 is 28.4 Å². The molecule has 0 radical (unpaired) electrons. The third-order valence-corrected chi connectivity index (χ3v) is 3.62. The quantitative estimate of drug-likeness (QED) is 0.839. The molecule has 1 heterocycles. The van der Waals surface area contributed by atoms with Crippen LogP contribution in [-0.4, -0.2) is 17.7 Å². The highest BCUT2D eigenvalue weighted by Crippen LogP contribution is 2.23. The number of carbonyl (C=O) groups excluding carboxylic acids is 2. The molecule has 0 fully saturated rings. The maximum absolute atomic E-state index is 12.0. The van der Waals surface area contributed by atoms with Crippen LogP contribution < -0.4 is 5.32 Å². The van der Waals surface area contributed by atoms with Crippen LogP contribution in [0.1, 0.15) is 36.0 Å². The first-order valence-corrected chi connectivity index (χ1v) is 7.96. The summed E-state index contributed by atoms with van der Waals surface area (Å²) in [5.74, 6) is -0.420. The van der Waals surface area contributed by atoms with Crippen molar-refractivity contribution in [2.75, 3.05) is 5.32 Å². The van der Waals surface area contributed by atoms with Gasteiger partial charge in [0.05, 0.1) is 5.00 Å². The number of ether oxygens (including phenoxy) is 2. The molecule has 1 N–H and O–H groups in total. The van der Waals surface area contributed by atoms with E-state index in [1.165, 1.54) is 0 Å². The van der Waals surface area contributed by atoms with E-state index in [-0.39, 0.29) is 6.61 Å². The van der Waals surface area contributed by atoms with E-state index in [0.717, 1.165) is 16.9 Å². The number of nitrogens with one attached hydrogen (secondary N) is 1. The number of amides is 1. The number of benzene rings is 1. The van der Waals surface area contributed by atoms with Crippen molar-refractivity contribution in [1.82, 2.24) is 0 Å². The van der Waals surface area contributed by atoms with Crippen molar-refractivity contribution in [2.45, 2.75) is 33.0 Å². The van der Waals surface area contributed by atoms with Gasteiger partial charge in [-0.25, -0.2) is 9.59 Å². The van der Waals surface area contributed by atoms with Crippen molar-refractivity contribution in [1.29, 1.82) is 0 Å². The average molecular weight is 333 g/mol. The van der Waals surface area contributed by atoms with Gasteiger partial charge in [0.1, 0.15) is 17.1 Å². The number of thiophene rings is 1. The molecule has 0 saturated carbocycles. The fourth-order valence-electron chi connectivity index (χ4n) is 1.71. The van der Waals surface area contributed by atoms with Gasteiger partial charge in [-0.15, -0.1) is 11.3 Å². The van der Waals surface area contributed by atoms with E-state index in [0.29, 0.717) is 9.88 Å². The summed E-state index contributed by atoms with van der Waals surface area (Å²) in [4.78, 5) is 24.1. The van der Waals surface area contributed by atoms with Crippen LogP contribution in [0.5, 0.6) is 0 Å². The Kier molecular flexibility index (Phi) is 5.39. The third kappa shape index (κ3) is 5.75. The molecule has 23 heavy (non-hydrogen) atoms. The highest BCUT2D eigenvalue weighted by Gasteiger charge is 2.18. The van der Waals surface area contributed by atoms with Gasteiger partial charge in [-0.1, -0.05) is 30.3 Å². The molecule has 1 amide bonds. The van der Waals surface area contributed by atoms with E-state index in [1.54, 1.807) is 32.9 Å². The van der Waals surface area contributed by atoms with Crippen molar-refractivity contribution in [2.24, 2.45) is 0 Å². The minimum Gasteiger partial charge on any atom is -0.457 e. The molecule has 0 unspecified atom stereocenters. The lowest BCUT2D eigenvalue weighted by Crippen LogP contribution is -2.26. The monoisotopic (exact) mass is 333 g/mol. The van der Waals surface area contributed by atoms with Gasteiger partial charge in [0, 0.05) is 0 Å². The number of esters is 1. The van der Waals surface area contributed by atoms with Gasteiger partial charge < -0.3 is 9.47 Å². The van der Waals surface area contributed by atoms with E-state index in [1.807, 2.05) is 30.3 Å². The van der Waals surface area contributed by atoms with Crippen LogP contribution >= 0.6 is 11.3 Å². The minimum atomic E-state index is -0.571. The van der Waals surface area contributed by atoms with Gasteiger partial charge in [0.2, 0.25) is 0 Å². The summed E-state index contributed by atoms with van der Waals surface area (Å²) in [6, 6.07) is 12.7. The average Bonchev–Trinajstić information content (AvgIpc) is 2.92. The second kappa shape index (κ2) is 7.28. The van der Waals surface area contributed by atoms with Gasteiger partial charge in [-0.05, 0) is 38.5 Å². The maximum Gasteiger partial charge on any atom is 0.412 e. The fraction of sp³-hybridized carbons (Fsp3) is 0.294. The van der Waals surface area contributed by atoms with E-state index < -0.39 is 17.7 Å². The lowest BCUT2D eigenvalue weighted by molar-refractivity contribution is 0.0478. The second-order valence-electron chi connectivity index (χ2n) is 5.85. The standard InChI is InChI=1S/C17H19NO4S/c1-17(2,3)22-16(20)18-14-10-9-13(23-14)15(19)21-11-12-7-5-4-6-8-12/h4-10H,11H2,1-3H3,(H,18,20). The molecule has 6 heteroatoms. The molecular weight excluding hydrogens is 314 g/mol. The largest absolute Gasteiger partial charge is 0.457 e. The number of anilines is 1. The van der Waals surface area contributed by atoms with Crippen LogP contribution in [-0.2, 0) is 16.1 Å². The summed E-state index contributed by atoms with van der Waals surface area (Å²) in [6.07, 6.45) is -0.552. The normalized spacial score (nSPS) is 10.9. The molecule has 0 atom stereocenters. The van der Waals surface area contributed by atoms with E-state index in [4.69, 9.17) is 9.47 Å². The van der Waals surface area contributed by atoms with E-state index >= 15 is 0 Å². The molecule has 1 aromatic carbocycles. The lowest BCUT2D eigenvalue weighted by Gasteiger charge is -2.19. The highest BCUT2D eigenvalue weighted by molar-refractivity contribution is 7.18. The fourth-order valence-corrected chi connectivity index (χ4v) is 2.50. The first kappa shape index (κ1) is 17.0. The zero-order valence-corrected chi connectivity index (χ0v) is 14.1. The first-order chi connectivity index (χ1) is 10.8. The van der Waals surface area contributed by atoms with Crippen LogP contribution in [0.2, 0.25) is 0 Å². The SMILES string of the molecule is CC(C)(C)OC(=O)Nc1ccc(C(=O)OCc2ccccc2)s1. The highest BCUT2D eigenvalue weighted by atomic mass is 32.1. The molecule has 0 bridgehead atoms. The van der Waals surface area contributed by atoms with E-state index in [9.17, 15) is 9.59 Å². The van der Waals surface area contributed by atoms with Crippen LogP contribution in [0.15, 0.2) is 42.5 Å². The minimum absolute atomic E-state index is 0.215.